The topological polar surface area (TPSA) is 40.5 Å². The normalized spacial score (nSPS) is 8.12. The van der Waals surface area contributed by atoms with Gasteiger partial charge in [0.2, 0.25) is 0 Å². The number of rotatable bonds is 3. The molecule has 0 aliphatic carbocycles. The molecule has 4 heteroatoms. The highest BCUT2D eigenvalue weighted by atomic mass is 35.5. The maximum atomic E-state index is 9.79. The van der Waals surface area contributed by atoms with Gasteiger partial charge in [-0.1, -0.05) is 6.58 Å². The molecule has 0 atom stereocenters. The molecule has 0 aromatic rings. The molecule has 0 rings (SSSR count). The highest BCUT2D eigenvalue weighted by Gasteiger charge is 1.98. The van der Waals surface area contributed by atoms with Crippen LogP contribution in [0.4, 0.5) is 0 Å². The van der Waals surface area contributed by atoms with Crippen LogP contribution < -0.4 is 0 Å². The van der Waals surface area contributed by atoms with Gasteiger partial charge in [0.25, 0.3) is 0 Å². The molecular weight excluding hydrogens is 130 g/mol. The van der Waals surface area contributed by atoms with Crippen LogP contribution in [0.5, 0.6) is 0 Å². The van der Waals surface area contributed by atoms with E-state index in [4.69, 9.17) is 16.9 Å². The number of hydrogen-bond donors (Lipinski definition) is 1. The first kappa shape index (κ1) is 7.30. The second-order valence-electron chi connectivity index (χ2n) is 1.13. The van der Waals surface area contributed by atoms with Gasteiger partial charge in [0, 0.05) is 18.0 Å². The monoisotopic (exact) mass is 135 g/mol. The Kier molecular flexibility index (Phi) is 3.03. The first-order chi connectivity index (χ1) is 3.66. The van der Waals surface area contributed by atoms with Crippen LogP contribution in [0.3, 0.4) is 0 Å². The van der Waals surface area contributed by atoms with Gasteiger partial charge in [0.15, 0.2) is 0 Å². The summed E-state index contributed by atoms with van der Waals surface area (Å²) in [6.45, 7) is 3.03. The molecule has 0 aromatic carbocycles. The number of carboxylic acid groups (broad SMARTS) is 1. The van der Waals surface area contributed by atoms with Gasteiger partial charge in [-0.05, 0) is 0 Å². The van der Waals surface area contributed by atoms with E-state index < -0.39 is 5.97 Å². The SMILES string of the molecule is C=CN(Cl)CC(=O)O. The number of nitrogens with zero attached hydrogens (tertiary/aromatic N) is 1. The minimum Gasteiger partial charge on any atom is -0.480 e. The third kappa shape index (κ3) is 3.49. The minimum atomic E-state index is -0.972. The van der Waals surface area contributed by atoms with E-state index >= 15 is 0 Å². The summed E-state index contributed by atoms with van der Waals surface area (Å²) < 4.78 is 0.961. The molecule has 0 bridgehead atoms. The van der Waals surface area contributed by atoms with E-state index in [-0.39, 0.29) is 6.54 Å². The summed E-state index contributed by atoms with van der Waals surface area (Å²) in [4.78, 5) is 9.79. The highest BCUT2D eigenvalue weighted by molar-refractivity contribution is 6.14. The molecule has 0 radical (unpaired) electrons. The number of aliphatic carboxylic acids is 1. The molecule has 0 heterocycles. The zero-order valence-corrected chi connectivity index (χ0v) is 4.93. The molecule has 0 amide bonds. The van der Waals surface area contributed by atoms with Gasteiger partial charge in [0.1, 0.15) is 6.54 Å². The maximum Gasteiger partial charge on any atom is 0.324 e. The Hall–Kier alpha value is -0.700. The zero-order valence-electron chi connectivity index (χ0n) is 4.17. The molecule has 0 fully saturated rings. The predicted octanol–water partition coefficient (Wildman–Crippen LogP) is 0.670. The fourth-order valence-electron chi connectivity index (χ4n) is 0.194. The average Bonchev–Trinajstić information content (AvgIpc) is 1.65. The van der Waals surface area contributed by atoms with Crippen molar-refractivity contribution in [2.75, 3.05) is 6.54 Å². The number of halogens is 1. The summed E-state index contributed by atoms with van der Waals surface area (Å²) in [5.41, 5.74) is 0. The third-order valence-electron chi connectivity index (χ3n) is 0.484. The van der Waals surface area contributed by atoms with Crippen molar-refractivity contribution in [2.24, 2.45) is 0 Å². The number of carbonyl (C=O) groups is 1. The summed E-state index contributed by atoms with van der Waals surface area (Å²) in [6, 6.07) is 0. The van der Waals surface area contributed by atoms with Crippen LogP contribution in [0.25, 0.3) is 0 Å². The standard InChI is InChI=1S/C4H6ClNO2/c1-2-6(5)3-4(7)8/h2H,1,3H2,(H,7,8). The van der Waals surface area contributed by atoms with Gasteiger partial charge in [-0.25, -0.2) is 0 Å². The van der Waals surface area contributed by atoms with Gasteiger partial charge in [-0.2, -0.15) is 0 Å². The highest BCUT2D eigenvalue weighted by Crippen LogP contribution is 1.90. The number of hydrogen-bond acceptors (Lipinski definition) is 2. The molecular formula is C4H6ClNO2. The molecule has 3 nitrogen and oxygen atoms in total. The summed E-state index contributed by atoms with van der Waals surface area (Å²) >= 11 is 5.19. The fraction of sp³-hybridized carbons (Fsp3) is 0.250. The molecule has 0 aromatic heterocycles. The van der Waals surface area contributed by atoms with E-state index in [0.29, 0.717) is 0 Å². The van der Waals surface area contributed by atoms with Crippen LogP contribution in [0.2, 0.25) is 0 Å². The molecule has 0 saturated carbocycles. The van der Waals surface area contributed by atoms with Crippen molar-refractivity contribution in [3.63, 3.8) is 0 Å². The van der Waals surface area contributed by atoms with Gasteiger partial charge in [-0.3, -0.25) is 9.21 Å². The lowest BCUT2D eigenvalue weighted by Crippen LogP contribution is -2.14. The van der Waals surface area contributed by atoms with E-state index in [9.17, 15) is 4.79 Å². The number of carboxylic acids is 1. The smallest absolute Gasteiger partial charge is 0.324 e. The zero-order chi connectivity index (χ0) is 6.57. The molecule has 0 aliphatic heterocycles. The van der Waals surface area contributed by atoms with E-state index in [0.717, 1.165) is 4.42 Å². The summed E-state index contributed by atoms with van der Waals surface area (Å²) in [7, 11) is 0. The minimum absolute atomic E-state index is 0.217. The third-order valence-corrected chi connectivity index (χ3v) is 0.742. The summed E-state index contributed by atoms with van der Waals surface area (Å²) in [5, 5.41) is 8.04. The predicted molar refractivity (Wildman–Crippen MR) is 30.4 cm³/mol. The van der Waals surface area contributed by atoms with Crippen LogP contribution in [0.1, 0.15) is 0 Å². The van der Waals surface area contributed by atoms with Crippen LogP contribution in [-0.4, -0.2) is 22.0 Å². The van der Waals surface area contributed by atoms with Crippen molar-refractivity contribution >= 4 is 17.7 Å². The van der Waals surface area contributed by atoms with Crippen molar-refractivity contribution in [3.05, 3.63) is 12.8 Å². The van der Waals surface area contributed by atoms with Gasteiger partial charge >= 0.3 is 5.97 Å². The largest absolute Gasteiger partial charge is 0.480 e. The van der Waals surface area contributed by atoms with Crippen molar-refractivity contribution < 1.29 is 9.90 Å². The molecule has 0 saturated heterocycles. The lowest BCUT2D eigenvalue weighted by atomic mass is 10.7. The van der Waals surface area contributed by atoms with Crippen molar-refractivity contribution in [1.82, 2.24) is 4.42 Å². The Labute approximate surface area is 52.3 Å². The van der Waals surface area contributed by atoms with Crippen molar-refractivity contribution in [1.29, 1.82) is 0 Å². The Balaban J connectivity index is 3.38. The lowest BCUT2D eigenvalue weighted by Gasteiger charge is -2.02. The molecule has 1 N–H and O–H groups in total. The van der Waals surface area contributed by atoms with Crippen LogP contribution >= 0.6 is 11.8 Å². The molecule has 46 valence electrons. The van der Waals surface area contributed by atoms with Gasteiger partial charge in [0.05, 0.1) is 0 Å². The van der Waals surface area contributed by atoms with Crippen molar-refractivity contribution in [3.8, 4) is 0 Å². The second-order valence-corrected chi connectivity index (χ2v) is 1.57. The second kappa shape index (κ2) is 3.32. The Bertz CT molecular complexity index is 104. The van der Waals surface area contributed by atoms with E-state index in [2.05, 4.69) is 6.58 Å². The lowest BCUT2D eigenvalue weighted by molar-refractivity contribution is -0.136. The quantitative estimate of drug-likeness (QED) is 0.579. The first-order valence-electron chi connectivity index (χ1n) is 1.93. The Morgan fingerprint density at radius 1 is 2.00 bits per heavy atom. The van der Waals surface area contributed by atoms with Crippen LogP contribution in [0.15, 0.2) is 12.8 Å². The molecule has 0 spiro atoms. The maximum absolute atomic E-state index is 9.79. The van der Waals surface area contributed by atoms with Crippen molar-refractivity contribution in [2.45, 2.75) is 0 Å². The van der Waals surface area contributed by atoms with E-state index in [1.165, 1.54) is 6.20 Å². The van der Waals surface area contributed by atoms with Gasteiger partial charge < -0.3 is 5.11 Å². The van der Waals surface area contributed by atoms with Crippen LogP contribution in [0, 0.1) is 0 Å². The Morgan fingerprint density at radius 3 is 2.62 bits per heavy atom. The molecule has 0 unspecified atom stereocenters. The van der Waals surface area contributed by atoms with E-state index in [1.807, 2.05) is 0 Å². The molecule has 0 aliphatic rings. The first-order valence-corrected chi connectivity index (χ1v) is 2.27. The average molecular weight is 136 g/mol. The summed E-state index contributed by atoms with van der Waals surface area (Å²) in [6.07, 6.45) is 1.23. The molecule has 8 heavy (non-hydrogen) atoms. The van der Waals surface area contributed by atoms with Gasteiger partial charge in [-0.15, -0.1) is 0 Å². The van der Waals surface area contributed by atoms with Crippen LogP contribution in [-0.2, 0) is 4.79 Å². The summed E-state index contributed by atoms with van der Waals surface area (Å²) in [5.74, 6) is -0.972. The Morgan fingerprint density at radius 2 is 2.50 bits per heavy atom. The van der Waals surface area contributed by atoms with E-state index in [1.54, 1.807) is 0 Å². The fourth-order valence-corrected chi connectivity index (χ4v) is 0.296.